The van der Waals surface area contributed by atoms with Crippen molar-refractivity contribution >= 4 is 11.8 Å². The van der Waals surface area contributed by atoms with Crippen LogP contribution in [0.25, 0.3) is 0 Å². The Morgan fingerprint density at radius 2 is 1.53 bits per heavy atom. The highest BCUT2D eigenvalue weighted by Gasteiger charge is 2.32. The number of carbonyl (C=O) groups is 2. The van der Waals surface area contributed by atoms with Crippen LogP contribution in [0.1, 0.15) is 6.42 Å². The first-order valence-electron chi connectivity index (χ1n) is 4.94. The fourth-order valence-electron chi connectivity index (χ4n) is 1.18. The van der Waals surface area contributed by atoms with E-state index in [0.717, 1.165) is 0 Å². The van der Waals surface area contributed by atoms with Gasteiger partial charge in [-0.1, -0.05) is 0 Å². The van der Waals surface area contributed by atoms with Crippen LogP contribution in [0.4, 0.5) is 0 Å². The maximum absolute atomic E-state index is 10.7. The third-order valence-corrected chi connectivity index (χ3v) is 2.18. The SMILES string of the molecule is CNC[C@@H](O)[C@@H](O)[C@H](O)[C@H](O)CC(=O)C(=O)O. The number of rotatable bonds is 8. The summed E-state index contributed by atoms with van der Waals surface area (Å²) in [5, 5.41) is 48.2. The fourth-order valence-corrected chi connectivity index (χ4v) is 1.18. The van der Waals surface area contributed by atoms with Gasteiger partial charge >= 0.3 is 5.97 Å². The largest absolute Gasteiger partial charge is 0.475 e. The second-order valence-electron chi connectivity index (χ2n) is 3.61. The molecule has 0 heterocycles. The first kappa shape index (κ1) is 15.9. The molecule has 6 N–H and O–H groups in total. The molecular weight excluding hydrogens is 234 g/mol. The molecule has 17 heavy (non-hydrogen) atoms. The Hall–Kier alpha value is -1.06. The van der Waals surface area contributed by atoms with Crippen LogP contribution in [0.3, 0.4) is 0 Å². The Bertz CT molecular complexity index is 270. The van der Waals surface area contributed by atoms with Crippen LogP contribution in [-0.4, -0.2) is 75.3 Å². The molecule has 8 nitrogen and oxygen atoms in total. The van der Waals surface area contributed by atoms with Gasteiger partial charge in [0.05, 0.1) is 12.2 Å². The molecule has 0 aliphatic heterocycles. The number of ketones is 1. The van der Waals surface area contributed by atoms with Gasteiger partial charge in [0.2, 0.25) is 5.78 Å². The van der Waals surface area contributed by atoms with Gasteiger partial charge in [0, 0.05) is 13.0 Å². The number of likely N-dealkylation sites (N-methyl/N-ethyl adjacent to an activating group) is 1. The van der Waals surface area contributed by atoms with Crippen LogP contribution in [0.5, 0.6) is 0 Å². The van der Waals surface area contributed by atoms with Gasteiger partial charge in [0.1, 0.15) is 12.2 Å². The quantitative estimate of drug-likeness (QED) is 0.246. The van der Waals surface area contributed by atoms with Crippen molar-refractivity contribution in [3.63, 3.8) is 0 Å². The van der Waals surface area contributed by atoms with E-state index in [0.29, 0.717) is 0 Å². The summed E-state index contributed by atoms with van der Waals surface area (Å²) in [6.07, 6.45) is -7.41. The maximum Gasteiger partial charge on any atom is 0.372 e. The van der Waals surface area contributed by atoms with E-state index in [4.69, 9.17) is 5.11 Å². The standard InChI is InChI=1S/C9H17NO7/c1-10-3-6(13)8(15)7(14)4(11)2-5(12)9(16)17/h4,6-8,10-11,13-15H,2-3H2,1H3,(H,16,17)/t4-,6-,7-,8-/m1/s1. The first-order chi connectivity index (χ1) is 7.81. The van der Waals surface area contributed by atoms with Crippen molar-refractivity contribution in [1.29, 1.82) is 0 Å². The molecule has 0 bridgehead atoms. The van der Waals surface area contributed by atoms with Crippen LogP contribution in [-0.2, 0) is 9.59 Å². The van der Waals surface area contributed by atoms with Crippen molar-refractivity contribution < 1.29 is 35.1 Å². The number of carboxylic acids is 1. The second-order valence-corrected chi connectivity index (χ2v) is 3.61. The normalized spacial score (nSPS) is 18.2. The second kappa shape index (κ2) is 7.30. The summed E-state index contributed by atoms with van der Waals surface area (Å²) < 4.78 is 0. The van der Waals surface area contributed by atoms with Gasteiger partial charge in [-0.3, -0.25) is 4.79 Å². The lowest BCUT2D eigenvalue weighted by Gasteiger charge is -2.25. The zero-order chi connectivity index (χ0) is 13.6. The summed E-state index contributed by atoms with van der Waals surface area (Å²) in [5.41, 5.74) is 0. The van der Waals surface area contributed by atoms with E-state index in [9.17, 15) is 30.0 Å². The zero-order valence-corrected chi connectivity index (χ0v) is 9.28. The van der Waals surface area contributed by atoms with Crippen molar-refractivity contribution in [2.24, 2.45) is 0 Å². The van der Waals surface area contributed by atoms with E-state index in [2.05, 4.69) is 5.32 Å². The molecule has 0 aromatic heterocycles. The summed E-state index contributed by atoms with van der Waals surface area (Å²) >= 11 is 0. The predicted octanol–water partition coefficient (Wildman–Crippen LogP) is -3.31. The molecule has 0 spiro atoms. The summed E-state index contributed by atoms with van der Waals surface area (Å²) in [5.74, 6) is -3.02. The van der Waals surface area contributed by atoms with Crippen molar-refractivity contribution in [3.05, 3.63) is 0 Å². The fraction of sp³-hybridized carbons (Fsp3) is 0.778. The molecule has 0 aromatic rings. The number of Topliss-reactive ketones (excluding diaryl/α,β-unsaturated/α-hetero) is 1. The summed E-state index contributed by atoms with van der Waals surface area (Å²) in [7, 11) is 1.51. The number of carboxylic acid groups (broad SMARTS) is 1. The van der Waals surface area contributed by atoms with Gasteiger partial charge in [0.25, 0.3) is 0 Å². The Labute approximate surface area is 97.5 Å². The monoisotopic (exact) mass is 251 g/mol. The lowest BCUT2D eigenvalue weighted by molar-refractivity contribution is -0.152. The minimum atomic E-state index is -1.80. The lowest BCUT2D eigenvalue weighted by Crippen LogP contribution is -2.48. The van der Waals surface area contributed by atoms with E-state index in [1.54, 1.807) is 0 Å². The maximum atomic E-state index is 10.7. The molecular formula is C9H17NO7. The Kier molecular flexibility index (Phi) is 6.85. The highest BCUT2D eigenvalue weighted by atomic mass is 16.4. The first-order valence-corrected chi connectivity index (χ1v) is 4.94. The van der Waals surface area contributed by atoms with E-state index in [-0.39, 0.29) is 6.54 Å². The number of hydrogen-bond acceptors (Lipinski definition) is 7. The van der Waals surface area contributed by atoms with E-state index >= 15 is 0 Å². The molecule has 0 unspecified atom stereocenters. The van der Waals surface area contributed by atoms with Crippen molar-refractivity contribution in [2.45, 2.75) is 30.8 Å². The zero-order valence-electron chi connectivity index (χ0n) is 9.28. The molecule has 100 valence electrons. The van der Waals surface area contributed by atoms with Gasteiger partial charge in [-0.05, 0) is 7.05 Å². The van der Waals surface area contributed by atoms with Crippen molar-refractivity contribution in [1.82, 2.24) is 5.32 Å². The predicted molar refractivity (Wildman–Crippen MR) is 55.2 cm³/mol. The number of aliphatic hydroxyl groups excluding tert-OH is 4. The smallest absolute Gasteiger partial charge is 0.372 e. The van der Waals surface area contributed by atoms with Crippen molar-refractivity contribution in [2.75, 3.05) is 13.6 Å². The van der Waals surface area contributed by atoms with Crippen LogP contribution in [0, 0.1) is 0 Å². The van der Waals surface area contributed by atoms with Crippen LogP contribution in [0.2, 0.25) is 0 Å². The number of hydrogen-bond donors (Lipinski definition) is 6. The van der Waals surface area contributed by atoms with Gasteiger partial charge in [-0.2, -0.15) is 0 Å². The molecule has 0 aliphatic rings. The molecule has 0 saturated heterocycles. The summed E-state index contributed by atoms with van der Waals surface area (Å²) in [4.78, 5) is 20.9. The van der Waals surface area contributed by atoms with Gasteiger partial charge in [-0.25, -0.2) is 4.79 Å². The molecule has 0 aromatic carbocycles. The molecule has 0 saturated carbocycles. The highest BCUT2D eigenvalue weighted by molar-refractivity contribution is 6.32. The lowest BCUT2D eigenvalue weighted by atomic mass is 9.99. The molecule has 0 radical (unpaired) electrons. The van der Waals surface area contributed by atoms with Gasteiger partial charge < -0.3 is 30.8 Å². The third kappa shape index (κ3) is 5.20. The molecule has 0 rings (SSSR count). The Morgan fingerprint density at radius 1 is 1.06 bits per heavy atom. The van der Waals surface area contributed by atoms with Crippen LogP contribution < -0.4 is 5.32 Å². The third-order valence-electron chi connectivity index (χ3n) is 2.18. The summed E-state index contributed by atoms with van der Waals surface area (Å²) in [6.45, 7) is -0.0299. The van der Waals surface area contributed by atoms with Gasteiger partial charge in [0.15, 0.2) is 0 Å². The number of aliphatic carboxylic acids is 1. The number of aliphatic hydroxyl groups is 4. The number of nitrogens with one attached hydrogen (secondary N) is 1. The Balaban J connectivity index is 4.33. The molecule has 4 atom stereocenters. The molecule has 0 fully saturated rings. The molecule has 0 aliphatic carbocycles. The Morgan fingerprint density at radius 3 is 1.94 bits per heavy atom. The van der Waals surface area contributed by atoms with E-state index < -0.39 is 42.6 Å². The van der Waals surface area contributed by atoms with E-state index in [1.165, 1.54) is 7.05 Å². The van der Waals surface area contributed by atoms with E-state index in [1.807, 2.05) is 0 Å². The average Bonchev–Trinajstić information content (AvgIpc) is 2.26. The van der Waals surface area contributed by atoms with Crippen LogP contribution >= 0.6 is 0 Å². The average molecular weight is 251 g/mol. The minimum Gasteiger partial charge on any atom is -0.475 e. The van der Waals surface area contributed by atoms with Crippen LogP contribution in [0.15, 0.2) is 0 Å². The van der Waals surface area contributed by atoms with Gasteiger partial charge in [-0.15, -0.1) is 0 Å². The number of carbonyl (C=O) groups excluding carboxylic acids is 1. The summed E-state index contributed by atoms with van der Waals surface area (Å²) in [6, 6.07) is 0. The highest BCUT2D eigenvalue weighted by Crippen LogP contribution is 2.08. The molecule has 8 heteroatoms. The topological polar surface area (TPSA) is 147 Å². The minimum absolute atomic E-state index is 0.0299. The molecule has 0 amide bonds. The van der Waals surface area contributed by atoms with Crippen molar-refractivity contribution in [3.8, 4) is 0 Å².